The average Bonchev–Trinajstić information content (AvgIpc) is 3.46. The number of aliphatic hydroxyl groups excluding tert-OH is 1. The van der Waals surface area contributed by atoms with Gasteiger partial charge in [-0.25, -0.2) is 19.9 Å². The highest BCUT2D eigenvalue weighted by Gasteiger charge is 2.33. The van der Waals surface area contributed by atoms with Crippen LogP contribution in [-0.2, 0) is 0 Å². The zero-order valence-electron chi connectivity index (χ0n) is 15.4. The maximum atomic E-state index is 9.77. The van der Waals surface area contributed by atoms with Gasteiger partial charge in [-0.2, -0.15) is 4.98 Å². The number of nitrogens with zero attached hydrogens (tertiary/aromatic N) is 7. The predicted octanol–water partition coefficient (Wildman–Crippen LogP) is 1.70. The van der Waals surface area contributed by atoms with Crippen molar-refractivity contribution >= 4 is 11.8 Å². The molecular weight excluding hydrogens is 330 g/mol. The smallest absolute Gasteiger partial charge is 0.228 e. The third-order valence-corrected chi connectivity index (χ3v) is 5.02. The van der Waals surface area contributed by atoms with Gasteiger partial charge < -0.3 is 14.9 Å². The Kier molecular flexibility index (Phi) is 4.44. The molecule has 8 heteroatoms. The van der Waals surface area contributed by atoms with Crippen molar-refractivity contribution in [1.29, 1.82) is 0 Å². The van der Waals surface area contributed by atoms with Gasteiger partial charge in [0.2, 0.25) is 5.95 Å². The first-order valence-corrected chi connectivity index (χ1v) is 9.26. The molecule has 2 aliphatic rings. The van der Waals surface area contributed by atoms with Crippen LogP contribution in [0.15, 0.2) is 18.6 Å². The molecule has 2 aromatic rings. The minimum Gasteiger partial charge on any atom is -0.385 e. The molecule has 0 radical (unpaired) electrons. The first-order valence-electron chi connectivity index (χ1n) is 9.26. The van der Waals surface area contributed by atoms with Gasteiger partial charge in [-0.05, 0) is 39.7 Å². The van der Waals surface area contributed by atoms with Crippen LogP contribution in [-0.4, -0.2) is 55.2 Å². The summed E-state index contributed by atoms with van der Waals surface area (Å²) in [5.74, 6) is 3.52. The lowest BCUT2D eigenvalue weighted by molar-refractivity contribution is 0.189. The van der Waals surface area contributed by atoms with Crippen molar-refractivity contribution in [1.82, 2.24) is 24.9 Å². The number of piperazine rings is 1. The lowest BCUT2D eigenvalue weighted by atomic mass is 10.1. The van der Waals surface area contributed by atoms with Crippen molar-refractivity contribution in [2.45, 2.75) is 57.7 Å². The summed E-state index contributed by atoms with van der Waals surface area (Å²) in [6.07, 6.45) is 5.04. The van der Waals surface area contributed by atoms with Crippen LogP contribution in [0.2, 0.25) is 0 Å². The fourth-order valence-corrected chi connectivity index (χ4v) is 3.64. The molecule has 1 N–H and O–H groups in total. The van der Waals surface area contributed by atoms with Crippen LogP contribution in [0.3, 0.4) is 0 Å². The molecule has 8 nitrogen and oxygen atoms in total. The molecule has 4 rings (SSSR count). The second-order valence-corrected chi connectivity index (χ2v) is 7.38. The number of hydrogen-bond donors (Lipinski definition) is 1. The fraction of sp³-hybridized carbons (Fsp3) is 0.611. The second-order valence-electron chi connectivity index (χ2n) is 7.38. The average molecular weight is 355 g/mol. The number of aromatic nitrogens is 5. The number of anilines is 2. The molecule has 2 fully saturated rings. The van der Waals surface area contributed by atoms with Gasteiger partial charge in [-0.1, -0.05) is 0 Å². The van der Waals surface area contributed by atoms with Crippen molar-refractivity contribution in [3.8, 4) is 0 Å². The summed E-state index contributed by atoms with van der Waals surface area (Å²) in [6, 6.07) is 2.37. The van der Waals surface area contributed by atoms with Crippen LogP contribution in [0.4, 0.5) is 11.8 Å². The molecule has 2 aromatic heterocycles. The van der Waals surface area contributed by atoms with Crippen LogP contribution in [0.1, 0.15) is 57.3 Å². The molecule has 0 aromatic carbocycles. The lowest BCUT2D eigenvalue weighted by Crippen LogP contribution is -2.57. The Hall–Kier alpha value is -2.35. The Balaban J connectivity index is 1.54. The van der Waals surface area contributed by atoms with Gasteiger partial charge in [0.1, 0.15) is 24.1 Å². The zero-order valence-corrected chi connectivity index (χ0v) is 15.4. The van der Waals surface area contributed by atoms with Gasteiger partial charge in [0.05, 0.1) is 0 Å². The van der Waals surface area contributed by atoms with Gasteiger partial charge in [0.25, 0.3) is 0 Å². The van der Waals surface area contributed by atoms with Gasteiger partial charge in [-0.15, -0.1) is 0 Å². The highest BCUT2D eigenvalue weighted by atomic mass is 16.3. The van der Waals surface area contributed by atoms with Gasteiger partial charge in [0, 0.05) is 37.3 Å². The summed E-state index contributed by atoms with van der Waals surface area (Å²) in [5.41, 5.74) is 0. The Morgan fingerprint density at radius 3 is 2.46 bits per heavy atom. The molecule has 1 aliphatic heterocycles. The van der Waals surface area contributed by atoms with Gasteiger partial charge in [0.15, 0.2) is 5.82 Å². The maximum Gasteiger partial charge on any atom is 0.228 e. The molecule has 0 spiro atoms. The Labute approximate surface area is 153 Å². The number of hydrogen-bond acceptors (Lipinski definition) is 8. The third-order valence-electron chi connectivity index (χ3n) is 5.02. The molecule has 1 unspecified atom stereocenters. The summed E-state index contributed by atoms with van der Waals surface area (Å²) in [4.78, 5) is 26.6. The van der Waals surface area contributed by atoms with E-state index in [1.54, 1.807) is 19.4 Å². The van der Waals surface area contributed by atoms with E-state index in [1.807, 2.05) is 6.07 Å². The molecule has 3 heterocycles. The number of rotatable bonds is 4. The Morgan fingerprint density at radius 2 is 1.81 bits per heavy atom. The lowest BCUT2D eigenvalue weighted by Gasteiger charge is -2.45. The highest BCUT2D eigenvalue weighted by Crippen LogP contribution is 2.38. The topological polar surface area (TPSA) is 91.2 Å². The van der Waals surface area contributed by atoms with Crippen LogP contribution < -0.4 is 9.80 Å². The van der Waals surface area contributed by atoms with Gasteiger partial charge >= 0.3 is 0 Å². The van der Waals surface area contributed by atoms with E-state index in [2.05, 4.69) is 48.6 Å². The first-order chi connectivity index (χ1) is 12.5. The summed E-state index contributed by atoms with van der Waals surface area (Å²) in [5, 5.41) is 9.77. The fourth-order valence-electron chi connectivity index (χ4n) is 3.64. The SMILES string of the molecule is CC1CN(c2ncnc(C3CC3)n2)C[C@@H](C)N1c1ccnc([C@@H](C)O)n1. The molecule has 3 atom stereocenters. The van der Waals surface area contributed by atoms with Gasteiger partial charge in [-0.3, -0.25) is 0 Å². The van der Waals surface area contributed by atoms with Crippen LogP contribution in [0.5, 0.6) is 0 Å². The minimum absolute atomic E-state index is 0.233. The van der Waals surface area contributed by atoms with E-state index < -0.39 is 6.10 Å². The maximum absolute atomic E-state index is 9.77. The first kappa shape index (κ1) is 17.1. The van der Waals surface area contributed by atoms with Crippen molar-refractivity contribution in [2.75, 3.05) is 22.9 Å². The molecule has 26 heavy (non-hydrogen) atoms. The highest BCUT2D eigenvalue weighted by molar-refractivity contribution is 5.45. The van der Waals surface area contributed by atoms with E-state index in [-0.39, 0.29) is 12.1 Å². The molecule has 138 valence electrons. The van der Waals surface area contributed by atoms with E-state index in [4.69, 9.17) is 0 Å². The minimum atomic E-state index is -0.673. The van der Waals surface area contributed by atoms with Crippen molar-refractivity contribution in [3.63, 3.8) is 0 Å². The summed E-state index contributed by atoms with van der Waals surface area (Å²) < 4.78 is 0. The monoisotopic (exact) mass is 355 g/mol. The molecular formula is C18H25N7O. The van der Waals surface area contributed by atoms with E-state index in [0.29, 0.717) is 11.7 Å². The number of aliphatic hydroxyl groups is 1. The standard InChI is InChI=1S/C18H25N7O/c1-11-8-24(18-21-10-20-17(23-18)14-4-5-14)9-12(2)25(11)15-6-7-19-16(22-15)13(3)26/h6-7,10-14,26H,4-5,8-9H2,1-3H3/t11-,12?,13-/m1/s1. The van der Waals surface area contributed by atoms with Crippen molar-refractivity contribution in [2.24, 2.45) is 0 Å². The van der Waals surface area contributed by atoms with E-state index in [0.717, 1.165) is 30.7 Å². The van der Waals surface area contributed by atoms with E-state index in [1.165, 1.54) is 12.8 Å². The van der Waals surface area contributed by atoms with E-state index in [9.17, 15) is 5.11 Å². The second kappa shape index (κ2) is 6.75. The Bertz CT molecular complexity index is 768. The summed E-state index contributed by atoms with van der Waals surface area (Å²) >= 11 is 0. The summed E-state index contributed by atoms with van der Waals surface area (Å²) in [7, 11) is 0. The molecule has 1 saturated heterocycles. The quantitative estimate of drug-likeness (QED) is 0.886. The predicted molar refractivity (Wildman–Crippen MR) is 98.1 cm³/mol. The van der Waals surface area contributed by atoms with Crippen LogP contribution in [0.25, 0.3) is 0 Å². The Morgan fingerprint density at radius 1 is 1.08 bits per heavy atom. The normalized spacial score (nSPS) is 24.6. The molecule has 1 saturated carbocycles. The third kappa shape index (κ3) is 3.33. The van der Waals surface area contributed by atoms with Crippen molar-refractivity contribution in [3.05, 3.63) is 30.2 Å². The van der Waals surface area contributed by atoms with Crippen molar-refractivity contribution < 1.29 is 5.11 Å². The van der Waals surface area contributed by atoms with Crippen LogP contribution in [0, 0.1) is 0 Å². The molecule has 1 aliphatic carbocycles. The zero-order chi connectivity index (χ0) is 18.3. The van der Waals surface area contributed by atoms with E-state index >= 15 is 0 Å². The largest absolute Gasteiger partial charge is 0.385 e. The molecule has 0 bridgehead atoms. The summed E-state index contributed by atoms with van der Waals surface area (Å²) in [6.45, 7) is 7.66. The van der Waals surface area contributed by atoms with Crippen LogP contribution >= 0.6 is 0 Å². The molecule has 0 amide bonds.